The summed E-state index contributed by atoms with van der Waals surface area (Å²) in [5.74, 6) is -2.40. The number of halogens is 3. The lowest BCUT2D eigenvalue weighted by Gasteiger charge is -2.33. The molecule has 1 fully saturated rings. The molecule has 1 aliphatic carbocycles. The fourth-order valence-corrected chi connectivity index (χ4v) is 3.70. The summed E-state index contributed by atoms with van der Waals surface area (Å²) in [5.41, 5.74) is -1.29. The molecule has 2 aromatic rings. The highest BCUT2D eigenvalue weighted by atomic mass is 19.4. The Morgan fingerprint density at radius 1 is 1.23 bits per heavy atom. The van der Waals surface area contributed by atoms with E-state index >= 15 is 0 Å². The first-order valence-electron chi connectivity index (χ1n) is 10.3. The van der Waals surface area contributed by atoms with Crippen molar-refractivity contribution in [3.8, 4) is 0 Å². The van der Waals surface area contributed by atoms with Gasteiger partial charge in [0.15, 0.2) is 11.2 Å². The lowest BCUT2D eigenvalue weighted by atomic mass is 9.85. The number of hydrogen-bond donors (Lipinski definition) is 2. The molecular formula is C21H29F3N4O2. The standard InChI is InChI=1S/C21H29F3N4O2/c1-6-13(20(5,30)21(22,23)24)17(29)27-18-25-14-10-11-15(19(2,3)4)26-16(14)28(18)12-8-7-9-12/h10-13,30H,6-9H2,1-5H3,(H,25,27,29)/t13-,20?/m1/s1. The van der Waals surface area contributed by atoms with Gasteiger partial charge in [-0.3, -0.25) is 14.7 Å². The number of carbonyl (C=O) groups excluding carboxylic acids is 1. The molecule has 2 atom stereocenters. The molecule has 0 spiro atoms. The van der Waals surface area contributed by atoms with Crippen LogP contribution in [0.1, 0.15) is 72.0 Å². The van der Waals surface area contributed by atoms with E-state index in [1.807, 2.05) is 37.5 Å². The summed E-state index contributed by atoms with van der Waals surface area (Å²) in [6.07, 6.45) is -2.31. The van der Waals surface area contributed by atoms with Crippen LogP contribution in [0.3, 0.4) is 0 Å². The average molecular weight is 426 g/mol. The van der Waals surface area contributed by atoms with Gasteiger partial charge in [-0.25, -0.2) is 9.97 Å². The van der Waals surface area contributed by atoms with Gasteiger partial charge in [-0.1, -0.05) is 27.7 Å². The van der Waals surface area contributed by atoms with Crippen molar-refractivity contribution in [1.82, 2.24) is 14.5 Å². The van der Waals surface area contributed by atoms with Crippen LogP contribution >= 0.6 is 0 Å². The Balaban J connectivity index is 2.02. The van der Waals surface area contributed by atoms with Crippen molar-refractivity contribution in [2.24, 2.45) is 5.92 Å². The molecule has 0 aromatic carbocycles. The van der Waals surface area contributed by atoms with E-state index in [0.29, 0.717) is 18.1 Å². The van der Waals surface area contributed by atoms with Gasteiger partial charge in [0.05, 0.1) is 5.92 Å². The number of alkyl halides is 3. The molecule has 6 nitrogen and oxygen atoms in total. The SMILES string of the molecule is CC[C@H](C(=O)Nc1nc2ccc(C(C)(C)C)nc2n1C1CCC1)C(C)(O)C(F)(F)F. The van der Waals surface area contributed by atoms with E-state index < -0.39 is 23.6 Å². The molecule has 3 rings (SSSR count). The highest BCUT2D eigenvalue weighted by Gasteiger charge is 2.56. The zero-order valence-corrected chi connectivity index (χ0v) is 18.0. The first-order valence-corrected chi connectivity index (χ1v) is 10.3. The summed E-state index contributed by atoms with van der Waals surface area (Å²) in [7, 11) is 0. The Labute approximate surface area is 173 Å². The number of fused-ring (bicyclic) bond motifs is 1. The summed E-state index contributed by atoms with van der Waals surface area (Å²) in [6, 6.07) is 3.77. The number of pyridine rings is 1. The monoisotopic (exact) mass is 426 g/mol. The maximum atomic E-state index is 13.3. The van der Waals surface area contributed by atoms with Gasteiger partial charge in [0.1, 0.15) is 5.52 Å². The predicted molar refractivity (Wildman–Crippen MR) is 108 cm³/mol. The van der Waals surface area contributed by atoms with Crippen LogP contribution in [0.15, 0.2) is 12.1 Å². The molecule has 2 aromatic heterocycles. The van der Waals surface area contributed by atoms with Crippen LogP contribution in [-0.4, -0.2) is 37.3 Å². The molecule has 0 radical (unpaired) electrons. The Morgan fingerprint density at radius 3 is 2.33 bits per heavy atom. The number of rotatable bonds is 5. The van der Waals surface area contributed by atoms with E-state index in [-0.39, 0.29) is 23.8 Å². The molecule has 9 heteroatoms. The molecule has 0 saturated heterocycles. The number of hydrogen-bond acceptors (Lipinski definition) is 4. The summed E-state index contributed by atoms with van der Waals surface area (Å²) in [5, 5.41) is 12.6. The van der Waals surface area contributed by atoms with Crippen LogP contribution in [0.4, 0.5) is 19.1 Å². The number of nitrogens with zero attached hydrogens (tertiary/aromatic N) is 3. The van der Waals surface area contributed by atoms with Crippen LogP contribution in [0.2, 0.25) is 0 Å². The molecule has 166 valence electrons. The van der Waals surface area contributed by atoms with Crippen LogP contribution < -0.4 is 5.32 Å². The van der Waals surface area contributed by atoms with Crippen molar-refractivity contribution < 1.29 is 23.1 Å². The molecule has 2 heterocycles. The predicted octanol–water partition coefficient (Wildman–Crippen LogP) is 4.73. The van der Waals surface area contributed by atoms with Gasteiger partial charge in [0, 0.05) is 17.2 Å². The average Bonchev–Trinajstić information content (AvgIpc) is 2.89. The van der Waals surface area contributed by atoms with Crippen molar-refractivity contribution in [3.05, 3.63) is 17.8 Å². The Morgan fingerprint density at radius 2 is 1.87 bits per heavy atom. The molecular weight excluding hydrogens is 397 g/mol. The topological polar surface area (TPSA) is 80.0 Å². The second kappa shape index (κ2) is 7.51. The number of carbonyl (C=O) groups is 1. The van der Waals surface area contributed by atoms with Crippen LogP contribution in [0, 0.1) is 5.92 Å². The van der Waals surface area contributed by atoms with Crippen molar-refractivity contribution in [3.63, 3.8) is 0 Å². The summed E-state index contributed by atoms with van der Waals surface area (Å²) in [4.78, 5) is 22.0. The zero-order valence-electron chi connectivity index (χ0n) is 18.0. The van der Waals surface area contributed by atoms with Crippen molar-refractivity contribution >= 4 is 23.0 Å². The smallest absolute Gasteiger partial charge is 0.380 e. The fourth-order valence-electron chi connectivity index (χ4n) is 3.70. The molecule has 2 N–H and O–H groups in total. The van der Waals surface area contributed by atoms with Gasteiger partial charge in [-0.2, -0.15) is 13.2 Å². The molecule has 0 bridgehead atoms. The van der Waals surface area contributed by atoms with E-state index in [9.17, 15) is 23.1 Å². The molecule has 1 saturated carbocycles. The first-order chi connectivity index (χ1) is 13.8. The van der Waals surface area contributed by atoms with Gasteiger partial charge in [-0.05, 0) is 44.7 Å². The van der Waals surface area contributed by atoms with Gasteiger partial charge in [0.2, 0.25) is 11.9 Å². The number of nitrogens with one attached hydrogen (secondary N) is 1. The second-order valence-corrected chi connectivity index (χ2v) is 9.27. The first kappa shape index (κ1) is 22.5. The maximum Gasteiger partial charge on any atom is 0.417 e. The van der Waals surface area contributed by atoms with Gasteiger partial charge in [0.25, 0.3) is 0 Å². The lowest BCUT2D eigenvalue weighted by Crippen LogP contribution is -2.52. The minimum absolute atomic E-state index is 0.0798. The highest BCUT2D eigenvalue weighted by molar-refractivity contribution is 5.93. The molecule has 1 amide bonds. The third kappa shape index (κ3) is 3.91. The van der Waals surface area contributed by atoms with Gasteiger partial charge in [-0.15, -0.1) is 0 Å². The van der Waals surface area contributed by atoms with Crippen molar-refractivity contribution in [2.75, 3.05) is 5.32 Å². The van der Waals surface area contributed by atoms with E-state index in [0.717, 1.165) is 25.0 Å². The number of amides is 1. The highest BCUT2D eigenvalue weighted by Crippen LogP contribution is 2.40. The molecule has 1 aliphatic rings. The normalized spacial score (nSPS) is 18.7. The van der Waals surface area contributed by atoms with E-state index in [1.165, 1.54) is 6.92 Å². The van der Waals surface area contributed by atoms with Gasteiger partial charge < -0.3 is 5.11 Å². The molecule has 0 aliphatic heterocycles. The lowest BCUT2D eigenvalue weighted by molar-refractivity contribution is -0.268. The van der Waals surface area contributed by atoms with Crippen molar-refractivity contribution in [1.29, 1.82) is 0 Å². The van der Waals surface area contributed by atoms with Crippen LogP contribution in [0.25, 0.3) is 11.2 Å². The third-order valence-electron chi connectivity index (χ3n) is 5.96. The summed E-state index contributed by atoms with van der Waals surface area (Å²) >= 11 is 0. The second-order valence-electron chi connectivity index (χ2n) is 9.27. The zero-order chi connectivity index (χ0) is 22.5. The Kier molecular flexibility index (Phi) is 5.64. The molecule has 1 unspecified atom stereocenters. The maximum absolute atomic E-state index is 13.3. The fraction of sp³-hybridized carbons (Fsp3) is 0.667. The quantitative estimate of drug-likeness (QED) is 0.724. The van der Waals surface area contributed by atoms with E-state index in [2.05, 4.69) is 10.3 Å². The van der Waals surface area contributed by atoms with Crippen molar-refractivity contribution in [2.45, 2.75) is 83.5 Å². The van der Waals surface area contributed by atoms with Crippen LogP contribution in [0.5, 0.6) is 0 Å². The Bertz CT molecular complexity index is 940. The largest absolute Gasteiger partial charge is 0.417 e. The van der Waals surface area contributed by atoms with E-state index in [4.69, 9.17) is 4.98 Å². The van der Waals surface area contributed by atoms with Gasteiger partial charge >= 0.3 is 6.18 Å². The summed E-state index contributed by atoms with van der Waals surface area (Å²) in [6.45, 7) is 8.19. The van der Waals surface area contributed by atoms with E-state index in [1.54, 1.807) is 0 Å². The number of aromatic nitrogens is 3. The Hall–Kier alpha value is -2.16. The van der Waals surface area contributed by atoms with Crippen LogP contribution in [-0.2, 0) is 10.2 Å². The number of aliphatic hydroxyl groups is 1. The number of anilines is 1. The summed E-state index contributed by atoms with van der Waals surface area (Å²) < 4.78 is 41.7. The number of imidazole rings is 1. The minimum Gasteiger partial charge on any atom is -0.380 e. The minimum atomic E-state index is -4.93. The molecule has 30 heavy (non-hydrogen) atoms. The third-order valence-corrected chi connectivity index (χ3v) is 5.96.